The molecule has 0 fully saturated rings. The number of benzene rings is 3. The van der Waals surface area contributed by atoms with Crippen LogP contribution < -0.4 is 5.32 Å². The van der Waals surface area contributed by atoms with Crippen LogP contribution in [0, 0.1) is 0 Å². The highest BCUT2D eigenvalue weighted by Gasteiger charge is 2.15. The number of rotatable bonds is 7. The molecule has 0 aliphatic carbocycles. The maximum absolute atomic E-state index is 13.1. The fourth-order valence-electron chi connectivity index (χ4n) is 2.82. The molecule has 3 aromatic carbocycles. The number of nitrogens with one attached hydrogen (secondary N) is 1. The Kier molecular flexibility index (Phi) is 6.69. The monoisotopic (exact) mass is 429 g/mol. The lowest BCUT2D eigenvalue weighted by Crippen LogP contribution is -2.13. The number of hydrogen-bond donors (Lipinski definition) is 1. The van der Waals surface area contributed by atoms with Crippen molar-refractivity contribution < 1.29 is 4.79 Å². The van der Waals surface area contributed by atoms with Gasteiger partial charge < -0.3 is 0 Å². The van der Waals surface area contributed by atoms with Gasteiger partial charge in [0, 0.05) is 11.3 Å². The van der Waals surface area contributed by atoms with Crippen molar-refractivity contribution in [3.05, 3.63) is 108 Å². The largest absolute Gasteiger partial charge is 0.296 e. The molecule has 0 atom stereocenters. The van der Waals surface area contributed by atoms with Gasteiger partial charge in [-0.3, -0.25) is 10.1 Å². The molecule has 1 aromatic heterocycles. The van der Waals surface area contributed by atoms with Crippen molar-refractivity contribution in [2.45, 2.75) is 10.1 Å². The molecule has 148 valence electrons. The Morgan fingerprint density at radius 3 is 2.20 bits per heavy atom. The Morgan fingerprint density at radius 2 is 1.50 bits per heavy atom. The molecule has 0 radical (unpaired) electrons. The molecular formula is C24H19N3OS2. The zero-order chi connectivity index (χ0) is 20.6. The van der Waals surface area contributed by atoms with Gasteiger partial charge in [0.25, 0.3) is 5.91 Å². The number of amides is 1. The van der Waals surface area contributed by atoms with E-state index in [1.165, 1.54) is 16.9 Å². The van der Waals surface area contributed by atoms with Crippen LogP contribution in [0.3, 0.4) is 0 Å². The SMILES string of the molecule is O=C(Nc1nnc(SCc2ccccc2)s1)/C(=C/c1ccccc1)c1ccccc1. The van der Waals surface area contributed by atoms with E-state index in [9.17, 15) is 4.79 Å². The molecule has 0 saturated heterocycles. The van der Waals surface area contributed by atoms with Crippen LogP contribution in [0.5, 0.6) is 0 Å². The van der Waals surface area contributed by atoms with E-state index in [1.807, 2.05) is 84.9 Å². The van der Waals surface area contributed by atoms with E-state index in [1.54, 1.807) is 11.8 Å². The number of thioether (sulfide) groups is 1. The van der Waals surface area contributed by atoms with Crippen LogP contribution in [0.1, 0.15) is 16.7 Å². The molecule has 1 amide bonds. The first kappa shape index (κ1) is 20.1. The predicted octanol–water partition coefficient (Wildman–Crippen LogP) is 6.01. The van der Waals surface area contributed by atoms with Gasteiger partial charge in [-0.1, -0.05) is 114 Å². The Morgan fingerprint density at radius 1 is 0.867 bits per heavy atom. The summed E-state index contributed by atoms with van der Waals surface area (Å²) in [5.41, 5.74) is 3.61. The van der Waals surface area contributed by atoms with Crippen molar-refractivity contribution in [1.82, 2.24) is 10.2 Å². The fraction of sp³-hybridized carbons (Fsp3) is 0.0417. The topological polar surface area (TPSA) is 54.9 Å². The van der Waals surface area contributed by atoms with Crippen LogP contribution in [0.2, 0.25) is 0 Å². The van der Waals surface area contributed by atoms with E-state index < -0.39 is 0 Å². The normalized spacial score (nSPS) is 11.3. The summed E-state index contributed by atoms with van der Waals surface area (Å²) in [4.78, 5) is 13.1. The summed E-state index contributed by atoms with van der Waals surface area (Å²) in [7, 11) is 0. The molecule has 0 aliphatic heterocycles. The summed E-state index contributed by atoms with van der Waals surface area (Å²) in [5.74, 6) is 0.605. The second kappa shape index (κ2) is 10.0. The summed E-state index contributed by atoms with van der Waals surface area (Å²) in [5, 5.41) is 11.7. The Balaban J connectivity index is 1.49. The zero-order valence-electron chi connectivity index (χ0n) is 16.1. The highest BCUT2D eigenvalue weighted by atomic mass is 32.2. The van der Waals surface area contributed by atoms with E-state index in [0.717, 1.165) is 21.2 Å². The minimum Gasteiger partial charge on any atom is -0.296 e. The number of anilines is 1. The molecule has 0 saturated carbocycles. The predicted molar refractivity (Wildman–Crippen MR) is 125 cm³/mol. The summed E-state index contributed by atoms with van der Waals surface area (Å²) in [6.07, 6.45) is 1.89. The van der Waals surface area contributed by atoms with E-state index in [2.05, 4.69) is 27.6 Å². The van der Waals surface area contributed by atoms with E-state index in [4.69, 9.17) is 0 Å². The van der Waals surface area contributed by atoms with Crippen molar-refractivity contribution in [3.8, 4) is 0 Å². The van der Waals surface area contributed by atoms with Crippen LogP contribution in [-0.2, 0) is 10.5 Å². The molecule has 1 N–H and O–H groups in total. The van der Waals surface area contributed by atoms with Crippen LogP contribution in [0.15, 0.2) is 95.3 Å². The van der Waals surface area contributed by atoms with Gasteiger partial charge in [-0.2, -0.15) is 0 Å². The highest BCUT2D eigenvalue weighted by molar-refractivity contribution is 8.00. The first-order valence-electron chi connectivity index (χ1n) is 9.42. The molecule has 30 heavy (non-hydrogen) atoms. The molecule has 0 spiro atoms. The quantitative estimate of drug-likeness (QED) is 0.169. The maximum Gasteiger partial charge on any atom is 0.258 e. The lowest BCUT2D eigenvalue weighted by atomic mass is 10.0. The van der Waals surface area contributed by atoms with Gasteiger partial charge in [-0.15, -0.1) is 10.2 Å². The van der Waals surface area contributed by atoms with Crippen LogP contribution >= 0.6 is 23.1 Å². The Labute approximate surface area is 183 Å². The molecule has 4 nitrogen and oxygen atoms in total. The lowest BCUT2D eigenvalue weighted by molar-refractivity contribution is -0.111. The first-order chi connectivity index (χ1) is 14.8. The van der Waals surface area contributed by atoms with Crippen LogP contribution in [-0.4, -0.2) is 16.1 Å². The number of hydrogen-bond acceptors (Lipinski definition) is 5. The molecule has 1 heterocycles. The molecular weight excluding hydrogens is 410 g/mol. The van der Waals surface area contributed by atoms with Crippen molar-refractivity contribution in [3.63, 3.8) is 0 Å². The number of nitrogens with zero attached hydrogens (tertiary/aromatic N) is 2. The third kappa shape index (κ3) is 5.43. The van der Waals surface area contributed by atoms with E-state index >= 15 is 0 Å². The summed E-state index contributed by atoms with van der Waals surface area (Å²) >= 11 is 2.99. The summed E-state index contributed by atoms with van der Waals surface area (Å²) in [6, 6.07) is 29.6. The highest BCUT2D eigenvalue weighted by Crippen LogP contribution is 2.29. The Hall–Kier alpha value is -3.22. The molecule has 0 bridgehead atoms. The summed E-state index contributed by atoms with van der Waals surface area (Å²) < 4.78 is 0.822. The minimum atomic E-state index is -0.208. The van der Waals surface area contributed by atoms with Crippen LogP contribution in [0.25, 0.3) is 11.6 Å². The fourth-order valence-corrected chi connectivity index (χ4v) is 4.52. The third-order valence-corrected chi connectivity index (χ3v) is 6.32. The van der Waals surface area contributed by atoms with Crippen LogP contribution in [0.4, 0.5) is 5.13 Å². The smallest absolute Gasteiger partial charge is 0.258 e. The van der Waals surface area contributed by atoms with Crippen molar-refractivity contribution >= 4 is 45.8 Å². The molecule has 4 aromatic rings. The molecule has 0 unspecified atom stereocenters. The van der Waals surface area contributed by atoms with Gasteiger partial charge in [-0.25, -0.2) is 0 Å². The average Bonchev–Trinajstić information content (AvgIpc) is 3.25. The molecule has 6 heteroatoms. The van der Waals surface area contributed by atoms with Gasteiger partial charge in [0.15, 0.2) is 4.34 Å². The molecule has 0 aliphatic rings. The molecule has 4 rings (SSSR count). The average molecular weight is 430 g/mol. The van der Waals surface area contributed by atoms with Crippen molar-refractivity contribution in [2.75, 3.05) is 5.32 Å². The summed E-state index contributed by atoms with van der Waals surface area (Å²) in [6.45, 7) is 0. The zero-order valence-corrected chi connectivity index (χ0v) is 17.7. The standard InChI is InChI=1S/C24H19N3OS2/c28-22(21(20-14-8-3-9-15-20)16-18-10-4-1-5-11-18)25-23-26-27-24(30-23)29-17-19-12-6-2-7-13-19/h1-16H,17H2,(H,25,26,28)/b21-16+. The van der Waals surface area contributed by atoms with Gasteiger partial charge in [0.1, 0.15) is 0 Å². The minimum absolute atomic E-state index is 0.208. The number of carbonyl (C=O) groups is 1. The van der Waals surface area contributed by atoms with Crippen molar-refractivity contribution in [2.24, 2.45) is 0 Å². The van der Waals surface area contributed by atoms with E-state index in [0.29, 0.717) is 10.7 Å². The van der Waals surface area contributed by atoms with Gasteiger partial charge in [-0.05, 0) is 22.8 Å². The van der Waals surface area contributed by atoms with Gasteiger partial charge in [0.2, 0.25) is 5.13 Å². The number of carbonyl (C=O) groups excluding carboxylic acids is 1. The second-order valence-corrected chi connectivity index (χ2v) is 8.64. The van der Waals surface area contributed by atoms with Gasteiger partial charge in [0.05, 0.1) is 0 Å². The lowest BCUT2D eigenvalue weighted by Gasteiger charge is -2.07. The first-order valence-corrected chi connectivity index (χ1v) is 11.2. The van der Waals surface area contributed by atoms with Crippen molar-refractivity contribution in [1.29, 1.82) is 0 Å². The van der Waals surface area contributed by atoms with E-state index in [-0.39, 0.29) is 5.91 Å². The van der Waals surface area contributed by atoms with Gasteiger partial charge >= 0.3 is 0 Å². The third-order valence-electron chi connectivity index (χ3n) is 4.27. The maximum atomic E-state index is 13.1. The second-order valence-electron chi connectivity index (χ2n) is 6.44. The number of aromatic nitrogens is 2. The Bertz CT molecular complexity index is 1130.